The van der Waals surface area contributed by atoms with Gasteiger partial charge in [-0.15, -0.1) is 15.9 Å². The molecule has 2 heterocycles. The predicted octanol–water partition coefficient (Wildman–Crippen LogP) is 3.37. The molecule has 0 saturated heterocycles. The van der Waals surface area contributed by atoms with E-state index in [2.05, 4.69) is 23.6 Å². The van der Waals surface area contributed by atoms with Gasteiger partial charge in [-0.3, -0.25) is 0 Å². The highest BCUT2D eigenvalue weighted by molar-refractivity contribution is 7.09. The largest absolute Gasteiger partial charge is 0.392 e. The summed E-state index contributed by atoms with van der Waals surface area (Å²) in [6.07, 6.45) is 4.38. The van der Waals surface area contributed by atoms with Gasteiger partial charge in [-0.2, -0.15) is 0 Å². The Labute approximate surface area is 110 Å². The predicted molar refractivity (Wildman–Crippen MR) is 73.8 cm³/mol. The maximum Gasteiger partial charge on any atom is 0.392 e. The summed E-state index contributed by atoms with van der Waals surface area (Å²) in [5, 5.41) is 2.09. The Kier molecular flexibility index (Phi) is 3.07. The number of carbonyl (C=O) groups is 1. The molecule has 0 N–H and O–H groups in total. The zero-order chi connectivity index (χ0) is 12.4. The van der Waals surface area contributed by atoms with Crippen molar-refractivity contribution in [1.82, 2.24) is 0 Å². The summed E-state index contributed by atoms with van der Waals surface area (Å²) in [7, 11) is 0. The van der Waals surface area contributed by atoms with Gasteiger partial charge in [0.25, 0.3) is 0 Å². The first kappa shape index (κ1) is 11.4. The van der Waals surface area contributed by atoms with Gasteiger partial charge in [0, 0.05) is 29.3 Å². The number of hydrogen-bond acceptors (Lipinski definition) is 2. The van der Waals surface area contributed by atoms with Crippen molar-refractivity contribution in [3.63, 3.8) is 0 Å². The van der Waals surface area contributed by atoms with Crippen molar-refractivity contribution in [2.45, 2.75) is 19.3 Å². The average molecular weight is 256 g/mol. The lowest BCUT2D eigenvalue weighted by molar-refractivity contribution is -0.357. The summed E-state index contributed by atoms with van der Waals surface area (Å²) in [5.41, 5.74) is 2.25. The third-order valence-electron chi connectivity index (χ3n) is 3.13. The van der Waals surface area contributed by atoms with E-state index in [0.29, 0.717) is 6.42 Å². The van der Waals surface area contributed by atoms with Gasteiger partial charge < -0.3 is 0 Å². The third kappa shape index (κ3) is 2.14. The number of carbonyl (C=O) groups excluding carboxylic acids is 1. The van der Waals surface area contributed by atoms with Crippen LogP contribution >= 0.6 is 11.3 Å². The van der Waals surface area contributed by atoms with E-state index in [-0.39, 0.29) is 5.91 Å². The molecule has 1 aliphatic rings. The van der Waals surface area contributed by atoms with Crippen LogP contribution in [0.4, 0.5) is 5.69 Å². The highest BCUT2D eigenvalue weighted by atomic mass is 32.1. The van der Waals surface area contributed by atoms with Crippen LogP contribution in [0.2, 0.25) is 0 Å². The summed E-state index contributed by atoms with van der Waals surface area (Å²) in [4.78, 5) is 13.2. The fraction of sp³-hybridized carbons (Fsp3) is 0.200. The van der Waals surface area contributed by atoms with E-state index >= 15 is 0 Å². The summed E-state index contributed by atoms with van der Waals surface area (Å²) < 4.78 is 1.81. The summed E-state index contributed by atoms with van der Waals surface area (Å²) in [5.74, 6) is 0.202. The van der Waals surface area contributed by atoms with Crippen LogP contribution in [-0.2, 0) is 11.2 Å². The van der Waals surface area contributed by atoms with Crippen LogP contribution < -0.4 is 0 Å². The number of para-hydroxylation sites is 1. The van der Waals surface area contributed by atoms with Crippen LogP contribution in [0.3, 0.4) is 0 Å². The molecule has 3 rings (SSSR count). The number of hydrogen-bond donors (Lipinski definition) is 0. The molecule has 1 aliphatic heterocycles. The third-order valence-corrected chi connectivity index (χ3v) is 4.01. The van der Waals surface area contributed by atoms with E-state index in [1.807, 2.05) is 29.0 Å². The molecule has 1 aromatic carbocycles. The highest BCUT2D eigenvalue weighted by Crippen LogP contribution is 2.25. The number of nitrogens with zero attached hydrogens (tertiary/aromatic N) is 1. The van der Waals surface area contributed by atoms with Crippen molar-refractivity contribution in [3.05, 3.63) is 52.2 Å². The molecule has 0 radical (unpaired) electrons. The Balaban J connectivity index is 1.97. The van der Waals surface area contributed by atoms with Crippen molar-refractivity contribution < 1.29 is 9.37 Å². The monoisotopic (exact) mass is 256 g/mol. The molecule has 3 heteroatoms. The lowest BCUT2D eigenvalue weighted by Gasteiger charge is -2.03. The minimum absolute atomic E-state index is 0.202. The Bertz CT molecular complexity index is 599. The molecular formula is C15H14NOS+. The maximum absolute atomic E-state index is 11.8. The van der Waals surface area contributed by atoms with Crippen molar-refractivity contribution in [2.24, 2.45) is 0 Å². The van der Waals surface area contributed by atoms with Crippen LogP contribution in [0.15, 0.2) is 41.8 Å². The van der Waals surface area contributed by atoms with Gasteiger partial charge in [-0.25, -0.2) is 4.79 Å². The lowest BCUT2D eigenvalue weighted by atomic mass is 10.1. The molecule has 0 aliphatic carbocycles. The van der Waals surface area contributed by atoms with E-state index in [9.17, 15) is 4.79 Å². The highest BCUT2D eigenvalue weighted by Gasteiger charge is 2.27. The fourth-order valence-corrected chi connectivity index (χ4v) is 3.00. The van der Waals surface area contributed by atoms with Crippen LogP contribution in [0.5, 0.6) is 0 Å². The van der Waals surface area contributed by atoms with Crippen molar-refractivity contribution >= 4 is 29.1 Å². The van der Waals surface area contributed by atoms with Crippen molar-refractivity contribution in [1.29, 1.82) is 0 Å². The van der Waals surface area contributed by atoms with Crippen LogP contribution in [0.25, 0.3) is 0 Å². The normalized spacial score (nSPS) is 14.9. The molecule has 90 valence electrons. The molecule has 0 spiro atoms. The molecular weight excluding hydrogens is 242 g/mol. The first-order valence-corrected chi connectivity index (χ1v) is 6.98. The second-order valence-electron chi connectivity index (χ2n) is 4.37. The summed E-state index contributed by atoms with van der Waals surface area (Å²) in [6, 6.07) is 12.4. The molecule has 0 unspecified atom stereocenters. The van der Waals surface area contributed by atoms with E-state index in [1.54, 1.807) is 11.3 Å². The number of rotatable bonds is 3. The number of thiophene rings is 1. The fourth-order valence-electron chi connectivity index (χ4n) is 2.27. The lowest BCUT2D eigenvalue weighted by Crippen LogP contribution is -2.11. The molecule has 2 nitrogen and oxygen atoms in total. The SMILES string of the molecule is O=C1CCC=[N+]1c1ccccc1Cc1cccs1. The second-order valence-corrected chi connectivity index (χ2v) is 5.40. The molecule has 0 atom stereocenters. The Morgan fingerprint density at radius 2 is 2.06 bits per heavy atom. The standard InChI is InChI=1S/C15H14NOS/c17-15-8-3-9-16(15)14-7-2-1-5-12(14)11-13-6-4-10-18-13/h1-2,4-7,9-10H,3,8,11H2/q+1. The number of amides is 1. The topological polar surface area (TPSA) is 20.1 Å². The zero-order valence-corrected chi connectivity index (χ0v) is 10.8. The molecule has 1 amide bonds. The first-order chi connectivity index (χ1) is 8.84. The van der Waals surface area contributed by atoms with Crippen molar-refractivity contribution in [3.8, 4) is 0 Å². The molecule has 0 fully saturated rings. The average Bonchev–Trinajstić information content (AvgIpc) is 3.02. The maximum atomic E-state index is 11.8. The zero-order valence-electron chi connectivity index (χ0n) is 10.0. The summed E-state index contributed by atoms with van der Waals surface area (Å²) in [6.45, 7) is 0. The molecule has 0 saturated carbocycles. The smallest absolute Gasteiger partial charge is 0.219 e. The Hall–Kier alpha value is -1.74. The van der Waals surface area contributed by atoms with Gasteiger partial charge >= 0.3 is 5.91 Å². The van der Waals surface area contributed by atoms with Gasteiger partial charge in [0.2, 0.25) is 5.69 Å². The Morgan fingerprint density at radius 3 is 2.78 bits per heavy atom. The van der Waals surface area contributed by atoms with Crippen LogP contribution in [0.1, 0.15) is 23.3 Å². The molecule has 18 heavy (non-hydrogen) atoms. The van der Waals surface area contributed by atoms with E-state index in [1.165, 1.54) is 10.4 Å². The van der Waals surface area contributed by atoms with Crippen LogP contribution in [0, 0.1) is 0 Å². The van der Waals surface area contributed by atoms with E-state index < -0.39 is 0 Å². The van der Waals surface area contributed by atoms with E-state index in [4.69, 9.17) is 0 Å². The second kappa shape index (κ2) is 4.86. The van der Waals surface area contributed by atoms with Crippen LogP contribution in [-0.4, -0.2) is 16.7 Å². The van der Waals surface area contributed by atoms with Gasteiger partial charge in [0.05, 0.1) is 6.42 Å². The van der Waals surface area contributed by atoms with E-state index in [0.717, 1.165) is 18.5 Å². The van der Waals surface area contributed by atoms with Gasteiger partial charge in [0.15, 0.2) is 6.21 Å². The minimum atomic E-state index is 0.202. The first-order valence-electron chi connectivity index (χ1n) is 6.10. The van der Waals surface area contributed by atoms with Crippen molar-refractivity contribution in [2.75, 3.05) is 0 Å². The molecule has 0 bridgehead atoms. The minimum Gasteiger partial charge on any atom is -0.219 e. The molecule has 1 aromatic heterocycles. The molecule has 2 aromatic rings. The van der Waals surface area contributed by atoms with Gasteiger partial charge in [-0.05, 0) is 11.4 Å². The van der Waals surface area contributed by atoms with Gasteiger partial charge in [0.1, 0.15) is 0 Å². The number of benzene rings is 1. The quantitative estimate of drug-likeness (QED) is 0.771. The summed E-state index contributed by atoms with van der Waals surface area (Å²) >= 11 is 1.76. The Morgan fingerprint density at radius 1 is 1.17 bits per heavy atom. The van der Waals surface area contributed by atoms with Gasteiger partial charge in [-0.1, -0.05) is 24.3 Å².